The Morgan fingerprint density at radius 2 is 1.96 bits per heavy atom. The molecule has 1 aromatic carbocycles. The lowest BCUT2D eigenvalue weighted by molar-refractivity contribution is -0.121. The molecule has 1 aromatic heterocycles. The topological polar surface area (TPSA) is 59.3 Å². The van der Waals surface area contributed by atoms with Crippen LogP contribution in [0, 0.1) is 13.8 Å². The zero-order valence-corrected chi connectivity index (χ0v) is 16.2. The Morgan fingerprint density at radius 3 is 2.56 bits per heavy atom. The minimum atomic E-state index is -0.143. The number of hydrogen-bond donors (Lipinski definition) is 1. The van der Waals surface area contributed by atoms with E-state index in [0.29, 0.717) is 5.92 Å². The van der Waals surface area contributed by atoms with E-state index in [4.69, 9.17) is 0 Å². The predicted octanol–water partition coefficient (Wildman–Crippen LogP) is 4.09. The summed E-state index contributed by atoms with van der Waals surface area (Å²) in [6.45, 7) is 4.03. The minimum absolute atomic E-state index is 0.143. The van der Waals surface area contributed by atoms with Crippen LogP contribution in [0.15, 0.2) is 39.9 Å². The second kappa shape index (κ2) is 7.95. The molecule has 0 unspecified atom stereocenters. The number of aryl methyl sites for hydroxylation is 1. The summed E-state index contributed by atoms with van der Waals surface area (Å²) >= 11 is 3.47. The average molecular weight is 403 g/mol. The second-order valence-corrected chi connectivity index (χ2v) is 7.33. The molecule has 25 heavy (non-hydrogen) atoms. The Balaban J connectivity index is 1.51. The Bertz CT molecular complexity index is 772. The molecular formula is C19H23BrN4O. The van der Waals surface area contributed by atoms with Crippen LogP contribution in [0.3, 0.4) is 0 Å². The van der Waals surface area contributed by atoms with Gasteiger partial charge in [0.2, 0.25) is 0 Å². The fourth-order valence-corrected chi connectivity index (χ4v) is 3.55. The third-order valence-electron chi connectivity index (χ3n) is 4.76. The van der Waals surface area contributed by atoms with E-state index >= 15 is 0 Å². The average Bonchev–Trinajstić information content (AvgIpc) is 2.88. The lowest BCUT2D eigenvalue weighted by atomic mass is 9.83. The summed E-state index contributed by atoms with van der Waals surface area (Å²) in [4.78, 5) is 12.1. The summed E-state index contributed by atoms with van der Waals surface area (Å²) in [6.07, 6.45) is 4.04. The molecule has 1 N–H and O–H groups in total. The number of carbonyl (C=O) groups is 1. The molecule has 132 valence electrons. The third kappa shape index (κ3) is 4.37. The molecule has 0 saturated heterocycles. The van der Waals surface area contributed by atoms with E-state index in [0.717, 1.165) is 47.3 Å². The van der Waals surface area contributed by atoms with Crippen LogP contribution >= 0.6 is 15.9 Å². The zero-order valence-electron chi connectivity index (χ0n) is 14.6. The maximum absolute atomic E-state index is 12.1. The van der Waals surface area contributed by atoms with Crippen molar-refractivity contribution in [1.29, 1.82) is 0 Å². The van der Waals surface area contributed by atoms with Crippen LogP contribution in [-0.4, -0.2) is 21.4 Å². The van der Waals surface area contributed by atoms with E-state index in [-0.39, 0.29) is 12.5 Å². The molecular weight excluding hydrogens is 380 g/mol. The highest BCUT2D eigenvalue weighted by molar-refractivity contribution is 9.10. The first-order valence-electron chi connectivity index (χ1n) is 8.63. The van der Waals surface area contributed by atoms with Crippen molar-refractivity contribution < 1.29 is 4.79 Å². The van der Waals surface area contributed by atoms with Crippen molar-refractivity contribution in [3.05, 3.63) is 51.8 Å². The molecule has 1 amide bonds. The zero-order chi connectivity index (χ0) is 17.8. The van der Waals surface area contributed by atoms with Gasteiger partial charge in [0.05, 0.1) is 15.9 Å². The largest absolute Gasteiger partial charge is 0.271 e. The van der Waals surface area contributed by atoms with Gasteiger partial charge in [-0.25, -0.2) is 5.43 Å². The highest BCUT2D eigenvalue weighted by Gasteiger charge is 2.19. The van der Waals surface area contributed by atoms with Crippen LogP contribution in [0.2, 0.25) is 0 Å². The molecule has 1 fully saturated rings. The first-order valence-corrected chi connectivity index (χ1v) is 9.42. The second-order valence-electron chi connectivity index (χ2n) is 6.54. The summed E-state index contributed by atoms with van der Waals surface area (Å²) in [5.41, 5.74) is 7.00. The fraction of sp³-hybridized carbons (Fsp3) is 0.421. The van der Waals surface area contributed by atoms with Crippen molar-refractivity contribution >= 4 is 27.5 Å². The summed E-state index contributed by atoms with van der Waals surface area (Å²) < 4.78 is 2.65. The van der Waals surface area contributed by atoms with E-state index in [1.807, 2.05) is 13.8 Å². The molecule has 5 nitrogen and oxygen atoms in total. The number of rotatable bonds is 4. The molecule has 3 rings (SSSR count). The van der Waals surface area contributed by atoms with Gasteiger partial charge in [-0.2, -0.15) is 10.2 Å². The van der Waals surface area contributed by atoms with Gasteiger partial charge in [-0.15, -0.1) is 0 Å². The van der Waals surface area contributed by atoms with Gasteiger partial charge in [-0.3, -0.25) is 9.48 Å². The van der Waals surface area contributed by atoms with E-state index in [1.165, 1.54) is 5.56 Å². The van der Waals surface area contributed by atoms with Gasteiger partial charge in [-0.1, -0.05) is 30.3 Å². The molecule has 0 aliphatic heterocycles. The van der Waals surface area contributed by atoms with E-state index in [1.54, 1.807) is 4.68 Å². The van der Waals surface area contributed by atoms with Crippen LogP contribution < -0.4 is 5.43 Å². The van der Waals surface area contributed by atoms with Gasteiger partial charge in [0.25, 0.3) is 5.91 Å². The molecule has 0 spiro atoms. The Labute approximate surface area is 156 Å². The standard InChI is InChI=1S/C19H23BrN4O/c1-13-19(20)14(2)24(23-13)12-18(25)22-21-17-10-8-16(9-11-17)15-6-4-3-5-7-15/h3-7,16H,8-12H2,1-2H3,(H,22,25). The molecule has 6 heteroatoms. The molecule has 0 bridgehead atoms. The highest BCUT2D eigenvalue weighted by atomic mass is 79.9. The number of carbonyl (C=O) groups excluding carboxylic acids is 1. The summed E-state index contributed by atoms with van der Waals surface area (Å²) in [6, 6.07) is 10.6. The number of nitrogens with one attached hydrogen (secondary N) is 1. The Morgan fingerprint density at radius 1 is 1.28 bits per heavy atom. The highest BCUT2D eigenvalue weighted by Crippen LogP contribution is 2.31. The number of benzene rings is 1. The van der Waals surface area contributed by atoms with Crippen LogP contribution in [0.25, 0.3) is 0 Å². The number of hydrogen-bond acceptors (Lipinski definition) is 3. The van der Waals surface area contributed by atoms with Crippen LogP contribution in [0.4, 0.5) is 0 Å². The monoisotopic (exact) mass is 402 g/mol. The van der Waals surface area contributed by atoms with Gasteiger partial charge < -0.3 is 0 Å². The van der Waals surface area contributed by atoms with Gasteiger partial charge >= 0.3 is 0 Å². The van der Waals surface area contributed by atoms with Crippen LogP contribution in [0.1, 0.15) is 48.6 Å². The van der Waals surface area contributed by atoms with Crippen LogP contribution in [-0.2, 0) is 11.3 Å². The first-order chi connectivity index (χ1) is 12.0. The maximum atomic E-state index is 12.1. The predicted molar refractivity (Wildman–Crippen MR) is 103 cm³/mol. The molecule has 1 aliphatic carbocycles. The molecule has 1 saturated carbocycles. The summed E-state index contributed by atoms with van der Waals surface area (Å²) in [5, 5.41) is 8.68. The number of halogens is 1. The lowest BCUT2D eigenvalue weighted by Gasteiger charge is -2.23. The Hall–Kier alpha value is -1.95. The quantitative estimate of drug-likeness (QED) is 0.782. The minimum Gasteiger partial charge on any atom is -0.271 e. The van der Waals surface area contributed by atoms with Crippen LogP contribution in [0.5, 0.6) is 0 Å². The van der Waals surface area contributed by atoms with Crippen molar-refractivity contribution in [2.75, 3.05) is 0 Å². The fourth-order valence-electron chi connectivity index (χ4n) is 3.26. The first kappa shape index (κ1) is 17.9. The van der Waals surface area contributed by atoms with E-state index < -0.39 is 0 Å². The SMILES string of the molecule is Cc1nn(CC(=O)NN=C2CCC(c3ccccc3)CC2)c(C)c1Br. The van der Waals surface area contributed by atoms with Crippen molar-refractivity contribution in [1.82, 2.24) is 15.2 Å². The normalized spacial score (nSPS) is 17.4. The molecule has 2 aromatic rings. The van der Waals surface area contributed by atoms with Crippen molar-refractivity contribution in [2.45, 2.75) is 52.0 Å². The lowest BCUT2D eigenvalue weighted by Crippen LogP contribution is -2.26. The van der Waals surface area contributed by atoms with E-state index in [2.05, 4.69) is 61.9 Å². The molecule has 1 aliphatic rings. The molecule has 0 radical (unpaired) electrons. The maximum Gasteiger partial charge on any atom is 0.261 e. The summed E-state index contributed by atoms with van der Waals surface area (Å²) in [5.74, 6) is 0.457. The van der Waals surface area contributed by atoms with Crippen molar-refractivity contribution in [3.63, 3.8) is 0 Å². The van der Waals surface area contributed by atoms with Gasteiger partial charge in [0.15, 0.2) is 0 Å². The number of hydrazone groups is 1. The summed E-state index contributed by atoms with van der Waals surface area (Å²) in [7, 11) is 0. The van der Waals surface area contributed by atoms with Crippen molar-refractivity contribution in [2.24, 2.45) is 5.10 Å². The third-order valence-corrected chi connectivity index (χ3v) is 5.91. The number of aromatic nitrogens is 2. The Kier molecular flexibility index (Phi) is 5.68. The van der Waals surface area contributed by atoms with Gasteiger partial charge in [0, 0.05) is 5.71 Å². The number of amides is 1. The smallest absolute Gasteiger partial charge is 0.261 e. The molecule has 1 heterocycles. The van der Waals surface area contributed by atoms with Gasteiger partial charge in [-0.05, 0) is 66.9 Å². The van der Waals surface area contributed by atoms with Gasteiger partial charge in [0.1, 0.15) is 6.54 Å². The van der Waals surface area contributed by atoms with E-state index in [9.17, 15) is 4.79 Å². The van der Waals surface area contributed by atoms with Crippen molar-refractivity contribution in [3.8, 4) is 0 Å². The number of nitrogens with zero attached hydrogens (tertiary/aromatic N) is 3. The molecule has 0 atom stereocenters.